The Kier molecular flexibility index (Phi) is 6.66. The molecular weight excluding hydrogens is 454 g/mol. The Bertz CT molecular complexity index is 1390. The lowest BCUT2D eigenvalue weighted by molar-refractivity contribution is 0.0706. The lowest BCUT2D eigenvalue weighted by atomic mass is 9.89. The van der Waals surface area contributed by atoms with Crippen LogP contribution in [0.5, 0.6) is 5.75 Å². The van der Waals surface area contributed by atoms with Crippen molar-refractivity contribution in [1.82, 2.24) is 24.6 Å². The fraction of sp³-hybridized carbons (Fsp3) is 0.286. The number of carbonyl (C=O) groups excluding carboxylic acids is 2. The summed E-state index contributed by atoms with van der Waals surface area (Å²) in [6.45, 7) is 3.69. The van der Waals surface area contributed by atoms with Gasteiger partial charge in [-0.15, -0.1) is 0 Å². The maximum atomic E-state index is 12.9. The van der Waals surface area contributed by atoms with E-state index in [-0.39, 0.29) is 11.8 Å². The highest BCUT2D eigenvalue weighted by molar-refractivity contribution is 5.94. The van der Waals surface area contributed by atoms with Gasteiger partial charge in [-0.05, 0) is 61.1 Å². The Morgan fingerprint density at radius 2 is 1.83 bits per heavy atom. The zero-order valence-corrected chi connectivity index (χ0v) is 20.5. The van der Waals surface area contributed by atoms with E-state index in [0.717, 1.165) is 29.6 Å². The van der Waals surface area contributed by atoms with Crippen LogP contribution in [0.25, 0.3) is 5.65 Å². The molecule has 0 unspecified atom stereocenters. The molecule has 184 valence electrons. The number of nitrogens with one attached hydrogen (secondary N) is 1. The molecule has 2 amide bonds. The van der Waals surface area contributed by atoms with Crippen molar-refractivity contribution in [3.63, 3.8) is 0 Å². The van der Waals surface area contributed by atoms with Crippen LogP contribution in [0.3, 0.4) is 0 Å². The van der Waals surface area contributed by atoms with Gasteiger partial charge in [0.1, 0.15) is 17.1 Å². The molecule has 0 spiro atoms. The lowest BCUT2D eigenvalue weighted by Gasteiger charge is -2.32. The van der Waals surface area contributed by atoms with Crippen molar-refractivity contribution >= 4 is 17.5 Å². The number of imidazole rings is 1. The largest absolute Gasteiger partial charge is 0.496 e. The summed E-state index contributed by atoms with van der Waals surface area (Å²) in [5.74, 6) is 0.858. The van der Waals surface area contributed by atoms with Gasteiger partial charge in [0.15, 0.2) is 0 Å². The second-order valence-electron chi connectivity index (χ2n) is 9.14. The Balaban J connectivity index is 1.15. The third-order valence-corrected chi connectivity index (χ3v) is 6.83. The number of likely N-dealkylation sites (tertiary alicyclic amines) is 1. The highest BCUT2D eigenvalue weighted by Crippen LogP contribution is 2.29. The first-order valence-corrected chi connectivity index (χ1v) is 12.1. The van der Waals surface area contributed by atoms with Crippen LogP contribution in [0.15, 0.2) is 67.3 Å². The molecule has 36 heavy (non-hydrogen) atoms. The minimum Gasteiger partial charge on any atom is -0.496 e. The van der Waals surface area contributed by atoms with Crippen molar-refractivity contribution in [1.29, 1.82) is 0 Å². The van der Waals surface area contributed by atoms with Crippen LogP contribution in [0.1, 0.15) is 56.3 Å². The number of pyridine rings is 2. The topological polar surface area (TPSA) is 88.8 Å². The molecule has 3 aromatic heterocycles. The number of aryl methyl sites for hydroxylation is 1. The molecule has 1 aliphatic heterocycles. The van der Waals surface area contributed by atoms with Crippen LogP contribution in [0.2, 0.25) is 0 Å². The number of fused-ring (bicyclic) bond motifs is 1. The quantitative estimate of drug-likeness (QED) is 0.448. The molecular formula is C28H29N5O3. The molecule has 0 radical (unpaired) electrons. The molecule has 8 heteroatoms. The third-order valence-electron chi connectivity index (χ3n) is 6.83. The minimum atomic E-state index is -0.105. The number of aromatic nitrogens is 3. The summed E-state index contributed by atoms with van der Waals surface area (Å²) in [6, 6.07) is 13.5. The van der Waals surface area contributed by atoms with Gasteiger partial charge < -0.3 is 19.4 Å². The molecule has 1 aromatic carbocycles. The number of hydrogen-bond donors (Lipinski definition) is 1. The zero-order chi connectivity index (χ0) is 25.1. The number of rotatable bonds is 6. The summed E-state index contributed by atoms with van der Waals surface area (Å²) in [5, 5.41) is 2.98. The van der Waals surface area contributed by atoms with E-state index < -0.39 is 0 Å². The van der Waals surface area contributed by atoms with Crippen molar-refractivity contribution in [3.05, 3.63) is 95.2 Å². The van der Waals surface area contributed by atoms with E-state index >= 15 is 0 Å². The van der Waals surface area contributed by atoms with E-state index in [1.54, 1.807) is 25.6 Å². The van der Waals surface area contributed by atoms with Crippen LogP contribution >= 0.6 is 0 Å². The molecule has 0 saturated carbocycles. The molecule has 8 nitrogen and oxygen atoms in total. The second kappa shape index (κ2) is 10.2. The van der Waals surface area contributed by atoms with Crippen molar-refractivity contribution in [2.45, 2.75) is 32.2 Å². The van der Waals surface area contributed by atoms with E-state index in [2.05, 4.69) is 15.3 Å². The fourth-order valence-corrected chi connectivity index (χ4v) is 4.67. The first-order chi connectivity index (χ1) is 17.5. The van der Waals surface area contributed by atoms with Gasteiger partial charge in [-0.3, -0.25) is 14.6 Å². The lowest BCUT2D eigenvalue weighted by Crippen LogP contribution is -2.38. The minimum absolute atomic E-state index is 0.0642. The molecule has 5 rings (SSSR count). The summed E-state index contributed by atoms with van der Waals surface area (Å²) in [4.78, 5) is 36.0. The van der Waals surface area contributed by atoms with Crippen molar-refractivity contribution in [3.8, 4) is 5.75 Å². The number of amides is 2. The normalized spacial score (nSPS) is 14.1. The van der Waals surface area contributed by atoms with E-state index in [1.807, 2.05) is 65.0 Å². The molecule has 1 saturated heterocycles. The molecule has 1 aliphatic rings. The van der Waals surface area contributed by atoms with Gasteiger partial charge in [-0.25, -0.2) is 4.98 Å². The standard InChI is InChI=1S/C28H29N5O3/c1-19-17-30-24(16-25(19)36-2)28(35)33-12-8-22(9-13-33)21-3-5-23(6-4-21)27(34)31-18-20-7-11-32-14-10-29-26(32)15-20/h3-7,10-11,14-17,22H,8-9,12-13,18H2,1-2H3,(H,31,34). The van der Waals surface area contributed by atoms with Gasteiger partial charge in [0, 0.05) is 61.6 Å². The van der Waals surface area contributed by atoms with Gasteiger partial charge in [-0.1, -0.05) is 12.1 Å². The number of methoxy groups -OCH3 is 1. The molecule has 0 aliphatic carbocycles. The second-order valence-corrected chi connectivity index (χ2v) is 9.14. The van der Waals surface area contributed by atoms with E-state index in [4.69, 9.17) is 4.74 Å². The summed E-state index contributed by atoms with van der Waals surface area (Å²) < 4.78 is 7.26. The van der Waals surface area contributed by atoms with E-state index in [9.17, 15) is 9.59 Å². The van der Waals surface area contributed by atoms with Crippen LogP contribution < -0.4 is 10.1 Å². The van der Waals surface area contributed by atoms with Crippen LogP contribution in [0, 0.1) is 6.92 Å². The number of hydrogen-bond acceptors (Lipinski definition) is 5. The van der Waals surface area contributed by atoms with Gasteiger partial charge in [0.25, 0.3) is 11.8 Å². The Hall–Kier alpha value is -4.20. The molecule has 4 heterocycles. The summed E-state index contributed by atoms with van der Waals surface area (Å²) in [5.41, 5.74) is 5.00. The number of nitrogens with zero attached hydrogens (tertiary/aromatic N) is 4. The average Bonchev–Trinajstić information content (AvgIpc) is 3.40. The van der Waals surface area contributed by atoms with Gasteiger partial charge in [0.2, 0.25) is 0 Å². The smallest absolute Gasteiger partial charge is 0.272 e. The van der Waals surface area contributed by atoms with Crippen molar-refractivity contribution in [2.24, 2.45) is 0 Å². The van der Waals surface area contributed by atoms with Crippen LogP contribution in [-0.4, -0.2) is 51.3 Å². The maximum absolute atomic E-state index is 12.9. The monoisotopic (exact) mass is 483 g/mol. The molecule has 1 fully saturated rings. The highest BCUT2D eigenvalue weighted by atomic mass is 16.5. The molecule has 0 atom stereocenters. The first-order valence-electron chi connectivity index (χ1n) is 12.1. The summed E-state index contributed by atoms with van der Waals surface area (Å²) in [6.07, 6.45) is 8.99. The Labute approximate surface area is 209 Å². The van der Waals surface area contributed by atoms with Crippen LogP contribution in [-0.2, 0) is 6.54 Å². The van der Waals surface area contributed by atoms with Gasteiger partial charge in [-0.2, -0.15) is 0 Å². The predicted molar refractivity (Wildman–Crippen MR) is 136 cm³/mol. The highest BCUT2D eigenvalue weighted by Gasteiger charge is 2.26. The molecule has 0 bridgehead atoms. The number of benzene rings is 1. The van der Waals surface area contributed by atoms with Gasteiger partial charge >= 0.3 is 0 Å². The van der Waals surface area contributed by atoms with Crippen molar-refractivity contribution in [2.75, 3.05) is 20.2 Å². The fourth-order valence-electron chi connectivity index (χ4n) is 4.67. The molecule has 4 aromatic rings. The van der Waals surface area contributed by atoms with Crippen LogP contribution in [0.4, 0.5) is 0 Å². The number of carbonyl (C=O) groups is 2. The summed E-state index contributed by atoms with van der Waals surface area (Å²) >= 11 is 0. The Morgan fingerprint density at radius 3 is 2.58 bits per heavy atom. The predicted octanol–water partition coefficient (Wildman–Crippen LogP) is 4.00. The first kappa shape index (κ1) is 23.5. The summed E-state index contributed by atoms with van der Waals surface area (Å²) in [7, 11) is 1.60. The maximum Gasteiger partial charge on any atom is 0.272 e. The Morgan fingerprint density at radius 1 is 1.06 bits per heavy atom. The SMILES string of the molecule is COc1cc(C(=O)N2CCC(c3ccc(C(=O)NCc4ccn5ccnc5c4)cc3)CC2)ncc1C. The van der Waals surface area contributed by atoms with E-state index in [0.29, 0.717) is 42.6 Å². The molecule has 1 N–H and O–H groups in total. The average molecular weight is 484 g/mol. The third kappa shape index (κ3) is 4.93. The van der Waals surface area contributed by atoms with Crippen molar-refractivity contribution < 1.29 is 14.3 Å². The number of ether oxygens (including phenoxy) is 1. The zero-order valence-electron chi connectivity index (χ0n) is 20.5. The van der Waals surface area contributed by atoms with E-state index in [1.165, 1.54) is 5.56 Å². The van der Waals surface area contributed by atoms with Gasteiger partial charge in [0.05, 0.1) is 7.11 Å². The number of piperidine rings is 1.